The maximum Gasteiger partial charge on any atom is 0.164 e. The zero-order valence-corrected chi connectivity index (χ0v) is 14.8. The normalized spacial score (nSPS) is 10.6. The van der Waals surface area contributed by atoms with E-state index in [1.165, 1.54) is 12.4 Å². The Labute approximate surface area is 151 Å². The van der Waals surface area contributed by atoms with Gasteiger partial charge >= 0.3 is 0 Å². The van der Waals surface area contributed by atoms with Crippen molar-refractivity contribution in [2.45, 2.75) is 13.0 Å². The predicted octanol–water partition coefficient (Wildman–Crippen LogP) is 4.13. The number of ether oxygens (including phenoxy) is 2. The fourth-order valence-electron chi connectivity index (χ4n) is 2.89. The van der Waals surface area contributed by atoms with E-state index >= 15 is 0 Å². The van der Waals surface area contributed by atoms with E-state index in [-0.39, 0.29) is 5.82 Å². The van der Waals surface area contributed by atoms with Crippen LogP contribution in [0.1, 0.15) is 11.1 Å². The lowest BCUT2D eigenvalue weighted by atomic mass is 10.1. The van der Waals surface area contributed by atoms with Crippen LogP contribution in [0.4, 0.5) is 10.2 Å². The summed E-state index contributed by atoms with van der Waals surface area (Å²) < 4.78 is 24.8. The van der Waals surface area contributed by atoms with Gasteiger partial charge in [-0.2, -0.15) is 0 Å². The first kappa shape index (κ1) is 17.7. The maximum atomic E-state index is 13.9. The Morgan fingerprint density at radius 2 is 2.04 bits per heavy atom. The first-order valence-corrected chi connectivity index (χ1v) is 8.15. The fraction of sp³-hybridized carbons (Fsp3) is 0.200. The largest absolute Gasteiger partial charge is 0.493 e. The van der Waals surface area contributed by atoms with Gasteiger partial charge in [0.05, 0.1) is 14.2 Å². The van der Waals surface area contributed by atoms with Crippen LogP contribution in [0.15, 0.2) is 49.3 Å². The fourth-order valence-corrected chi connectivity index (χ4v) is 2.89. The van der Waals surface area contributed by atoms with Crippen molar-refractivity contribution >= 4 is 16.7 Å². The molecule has 0 aliphatic carbocycles. The maximum absolute atomic E-state index is 13.9. The second-order valence-corrected chi connectivity index (χ2v) is 5.70. The molecule has 6 heteroatoms. The number of halogens is 1. The average molecular weight is 353 g/mol. The number of para-hydroxylation sites is 1. The summed E-state index contributed by atoms with van der Waals surface area (Å²) in [4.78, 5) is 8.25. The minimum atomic E-state index is -0.368. The van der Waals surface area contributed by atoms with Crippen LogP contribution >= 0.6 is 0 Å². The topological polar surface area (TPSA) is 56.3 Å². The second kappa shape index (κ2) is 7.82. The number of nitrogens with zero attached hydrogens (tertiary/aromatic N) is 2. The van der Waals surface area contributed by atoms with E-state index < -0.39 is 0 Å². The molecule has 1 N–H and O–H groups in total. The molecule has 3 aromatic rings. The van der Waals surface area contributed by atoms with E-state index in [1.807, 2.05) is 18.2 Å². The Balaban J connectivity index is 1.92. The molecule has 0 saturated heterocycles. The van der Waals surface area contributed by atoms with Crippen LogP contribution in [-0.4, -0.2) is 24.2 Å². The van der Waals surface area contributed by atoms with Crippen LogP contribution < -0.4 is 14.8 Å². The van der Waals surface area contributed by atoms with Gasteiger partial charge in [-0.1, -0.05) is 12.1 Å². The summed E-state index contributed by atoms with van der Waals surface area (Å²) in [5, 5.41) is 3.89. The van der Waals surface area contributed by atoms with Crippen molar-refractivity contribution in [3.8, 4) is 11.5 Å². The molecule has 2 aromatic carbocycles. The van der Waals surface area contributed by atoms with Crippen molar-refractivity contribution in [3.63, 3.8) is 0 Å². The number of hydrogen-bond donors (Lipinski definition) is 1. The molecule has 0 atom stereocenters. The number of benzene rings is 2. The summed E-state index contributed by atoms with van der Waals surface area (Å²) >= 11 is 0. The van der Waals surface area contributed by atoms with Crippen molar-refractivity contribution < 1.29 is 13.9 Å². The molecule has 0 radical (unpaired) electrons. The highest BCUT2D eigenvalue weighted by Gasteiger charge is 2.12. The van der Waals surface area contributed by atoms with Crippen molar-refractivity contribution in [2.24, 2.45) is 0 Å². The number of aromatic nitrogens is 2. The molecule has 0 amide bonds. The summed E-state index contributed by atoms with van der Waals surface area (Å²) in [6, 6.07) is 8.75. The Morgan fingerprint density at radius 1 is 1.19 bits per heavy atom. The Bertz CT molecular complexity index is 944. The van der Waals surface area contributed by atoms with Crippen LogP contribution in [0.25, 0.3) is 10.9 Å². The third kappa shape index (κ3) is 3.44. The molecule has 3 rings (SSSR count). The smallest absolute Gasteiger partial charge is 0.164 e. The molecule has 0 bridgehead atoms. The second-order valence-electron chi connectivity index (χ2n) is 5.70. The Morgan fingerprint density at radius 3 is 2.77 bits per heavy atom. The number of hydrogen-bond acceptors (Lipinski definition) is 5. The number of rotatable bonds is 7. The van der Waals surface area contributed by atoms with Gasteiger partial charge in [-0.05, 0) is 36.2 Å². The Hall–Kier alpha value is -3.15. The minimum Gasteiger partial charge on any atom is -0.493 e. The van der Waals surface area contributed by atoms with Gasteiger partial charge in [-0.25, -0.2) is 14.4 Å². The molecule has 1 heterocycles. The van der Waals surface area contributed by atoms with Gasteiger partial charge in [0.15, 0.2) is 11.5 Å². The zero-order valence-electron chi connectivity index (χ0n) is 14.8. The molecule has 5 nitrogen and oxygen atoms in total. The van der Waals surface area contributed by atoms with Crippen LogP contribution in [0.5, 0.6) is 11.5 Å². The van der Waals surface area contributed by atoms with Gasteiger partial charge in [-0.15, -0.1) is 6.58 Å². The highest BCUT2D eigenvalue weighted by Crippen LogP contribution is 2.33. The monoisotopic (exact) mass is 353 g/mol. The van der Waals surface area contributed by atoms with Crippen LogP contribution in [0.2, 0.25) is 0 Å². The lowest BCUT2D eigenvalue weighted by Gasteiger charge is -2.15. The zero-order chi connectivity index (χ0) is 18.5. The number of anilines is 1. The molecule has 134 valence electrons. The molecular formula is C20H20FN3O2. The van der Waals surface area contributed by atoms with Gasteiger partial charge in [0.25, 0.3) is 0 Å². The lowest BCUT2D eigenvalue weighted by Crippen LogP contribution is -2.05. The quantitative estimate of drug-likeness (QED) is 0.647. The molecule has 0 aliphatic heterocycles. The van der Waals surface area contributed by atoms with E-state index in [4.69, 9.17) is 9.47 Å². The van der Waals surface area contributed by atoms with Gasteiger partial charge in [0, 0.05) is 17.5 Å². The van der Waals surface area contributed by atoms with Gasteiger partial charge in [0.1, 0.15) is 23.5 Å². The molecule has 26 heavy (non-hydrogen) atoms. The van der Waals surface area contributed by atoms with E-state index in [9.17, 15) is 4.39 Å². The molecule has 0 spiro atoms. The van der Waals surface area contributed by atoms with Gasteiger partial charge < -0.3 is 14.8 Å². The van der Waals surface area contributed by atoms with Crippen molar-refractivity contribution in [1.29, 1.82) is 0 Å². The van der Waals surface area contributed by atoms with Gasteiger partial charge in [0.2, 0.25) is 0 Å². The van der Waals surface area contributed by atoms with Crippen LogP contribution in [-0.2, 0) is 13.0 Å². The van der Waals surface area contributed by atoms with Crippen molar-refractivity contribution in [2.75, 3.05) is 19.5 Å². The number of allylic oxidation sites excluding steroid dienone is 1. The van der Waals surface area contributed by atoms with Crippen LogP contribution in [0, 0.1) is 5.82 Å². The summed E-state index contributed by atoms with van der Waals surface area (Å²) in [6.45, 7) is 4.28. The summed E-state index contributed by atoms with van der Waals surface area (Å²) in [6.07, 6.45) is 3.83. The first-order valence-electron chi connectivity index (χ1n) is 8.15. The van der Waals surface area contributed by atoms with Crippen LogP contribution in [0.3, 0.4) is 0 Å². The average Bonchev–Trinajstić information content (AvgIpc) is 2.66. The predicted molar refractivity (Wildman–Crippen MR) is 100 cm³/mol. The molecule has 0 fully saturated rings. The lowest BCUT2D eigenvalue weighted by molar-refractivity contribution is 0.352. The van der Waals surface area contributed by atoms with E-state index in [2.05, 4.69) is 21.9 Å². The summed E-state index contributed by atoms with van der Waals surface area (Å²) in [7, 11) is 3.22. The van der Waals surface area contributed by atoms with E-state index in [0.29, 0.717) is 41.2 Å². The molecular weight excluding hydrogens is 333 g/mol. The van der Waals surface area contributed by atoms with Crippen molar-refractivity contribution in [3.05, 3.63) is 66.3 Å². The van der Waals surface area contributed by atoms with E-state index in [0.717, 1.165) is 11.1 Å². The molecule has 0 unspecified atom stereocenters. The third-order valence-corrected chi connectivity index (χ3v) is 4.06. The van der Waals surface area contributed by atoms with Crippen molar-refractivity contribution in [1.82, 2.24) is 9.97 Å². The molecule has 1 aromatic heterocycles. The first-order chi connectivity index (χ1) is 12.7. The number of fused-ring (bicyclic) bond motifs is 1. The SMILES string of the molecule is C=CCc1cc(CNc2ncnc3c(F)cccc23)cc(OC)c1OC. The minimum absolute atomic E-state index is 0.296. The van der Waals surface area contributed by atoms with E-state index in [1.54, 1.807) is 26.4 Å². The Kier molecular flexibility index (Phi) is 5.31. The standard InChI is InChI=1S/C20H20FN3O2/c1-4-6-14-9-13(10-17(25-2)19(14)26-3)11-22-20-15-7-5-8-16(21)18(15)23-12-24-20/h4-5,7-10,12H,1,6,11H2,2-3H3,(H,22,23,24). The van der Waals surface area contributed by atoms with Gasteiger partial charge in [-0.3, -0.25) is 0 Å². The summed E-state index contributed by atoms with van der Waals surface area (Å²) in [5.41, 5.74) is 2.27. The molecule has 0 aliphatic rings. The number of methoxy groups -OCH3 is 2. The highest BCUT2D eigenvalue weighted by atomic mass is 19.1. The highest BCUT2D eigenvalue weighted by molar-refractivity contribution is 5.89. The number of nitrogens with one attached hydrogen (secondary N) is 1. The summed E-state index contributed by atoms with van der Waals surface area (Å²) in [5.74, 6) is 1.56. The third-order valence-electron chi connectivity index (χ3n) is 4.06. The molecule has 0 saturated carbocycles.